The molecule has 5 nitrogen and oxygen atoms in total. The lowest BCUT2D eigenvalue weighted by atomic mass is 10.0. The smallest absolute Gasteiger partial charge is 0.410 e. The van der Waals surface area contributed by atoms with Gasteiger partial charge in [0.15, 0.2) is 0 Å². The van der Waals surface area contributed by atoms with Crippen molar-refractivity contribution in [1.29, 1.82) is 0 Å². The highest BCUT2D eigenvalue weighted by atomic mass is 16.6. The van der Waals surface area contributed by atoms with Crippen molar-refractivity contribution in [3.8, 4) is 0 Å². The van der Waals surface area contributed by atoms with E-state index in [0.29, 0.717) is 13.1 Å². The molecule has 1 saturated heterocycles. The van der Waals surface area contributed by atoms with Crippen molar-refractivity contribution >= 4 is 6.09 Å². The van der Waals surface area contributed by atoms with Gasteiger partial charge in [-0.05, 0) is 26.3 Å². The Bertz CT molecular complexity index is 470. The zero-order valence-electron chi connectivity index (χ0n) is 12.9. The Balaban J connectivity index is 2.11. The molecule has 1 aromatic rings. The van der Waals surface area contributed by atoms with E-state index in [2.05, 4.69) is 5.32 Å². The van der Waals surface area contributed by atoms with E-state index in [1.54, 1.807) is 4.90 Å². The SMILES string of the molecule is CC(C)(C)OC(=O)N1CC(c2ccccc2)NCC1CO. The maximum absolute atomic E-state index is 12.3. The van der Waals surface area contributed by atoms with Gasteiger partial charge in [0.1, 0.15) is 5.60 Å². The molecule has 0 bridgehead atoms. The molecule has 1 aromatic carbocycles. The molecule has 5 heteroatoms. The fourth-order valence-electron chi connectivity index (χ4n) is 2.41. The molecule has 2 N–H and O–H groups in total. The number of carbonyl (C=O) groups excluding carboxylic acids is 1. The Morgan fingerprint density at radius 2 is 2.05 bits per heavy atom. The Hall–Kier alpha value is -1.59. The molecule has 116 valence electrons. The van der Waals surface area contributed by atoms with E-state index in [0.717, 1.165) is 5.56 Å². The fraction of sp³-hybridized carbons (Fsp3) is 0.562. The number of amides is 1. The number of carbonyl (C=O) groups is 1. The molecule has 1 fully saturated rings. The maximum Gasteiger partial charge on any atom is 0.410 e. The van der Waals surface area contributed by atoms with Crippen LogP contribution in [0.25, 0.3) is 0 Å². The molecule has 2 unspecified atom stereocenters. The summed E-state index contributed by atoms with van der Waals surface area (Å²) in [6.07, 6.45) is -0.371. The van der Waals surface area contributed by atoms with Crippen molar-refractivity contribution in [3.05, 3.63) is 35.9 Å². The van der Waals surface area contributed by atoms with Crippen molar-refractivity contribution in [3.63, 3.8) is 0 Å². The van der Waals surface area contributed by atoms with Gasteiger partial charge in [-0.1, -0.05) is 30.3 Å². The number of benzene rings is 1. The summed E-state index contributed by atoms with van der Waals surface area (Å²) in [5, 5.41) is 12.9. The first kappa shape index (κ1) is 15.8. The molecule has 1 aliphatic rings. The number of piperazine rings is 1. The third kappa shape index (κ3) is 4.19. The minimum atomic E-state index is -0.537. The third-order valence-electron chi connectivity index (χ3n) is 3.46. The van der Waals surface area contributed by atoms with Crippen LogP contribution < -0.4 is 5.32 Å². The fourth-order valence-corrected chi connectivity index (χ4v) is 2.41. The minimum absolute atomic E-state index is 0.0570. The quantitative estimate of drug-likeness (QED) is 0.874. The molecular formula is C16H24N2O3. The highest BCUT2D eigenvalue weighted by Crippen LogP contribution is 2.22. The van der Waals surface area contributed by atoms with Crippen molar-refractivity contribution in [2.24, 2.45) is 0 Å². The summed E-state index contributed by atoms with van der Waals surface area (Å²) < 4.78 is 5.44. The van der Waals surface area contributed by atoms with Crippen LogP contribution in [-0.2, 0) is 4.74 Å². The Labute approximate surface area is 125 Å². The summed E-state index contributed by atoms with van der Waals surface area (Å²) in [7, 11) is 0. The van der Waals surface area contributed by atoms with Gasteiger partial charge in [-0.2, -0.15) is 0 Å². The lowest BCUT2D eigenvalue weighted by Crippen LogP contribution is -2.57. The first-order valence-electron chi connectivity index (χ1n) is 7.29. The van der Waals surface area contributed by atoms with Crippen LogP contribution >= 0.6 is 0 Å². The van der Waals surface area contributed by atoms with Crippen molar-refractivity contribution in [2.75, 3.05) is 19.7 Å². The first-order valence-corrected chi connectivity index (χ1v) is 7.29. The Morgan fingerprint density at radius 3 is 2.62 bits per heavy atom. The lowest BCUT2D eigenvalue weighted by Gasteiger charge is -2.40. The lowest BCUT2D eigenvalue weighted by molar-refractivity contribution is -0.000789. The molecule has 1 amide bonds. The predicted molar refractivity (Wildman–Crippen MR) is 81.0 cm³/mol. The number of hydrogen-bond acceptors (Lipinski definition) is 4. The van der Waals surface area contributed by atoms with Gasteiger partial charge in [0.2, 0.25) is 0 Å². The number of ether oxygens (including phenoxy) is 1. The second-order valence-electron chi connectivity index (χ2n) is 6.34. The van der Waals surface area contributed by atoms with Crippen LogP contribution in [0.4, 0.5) is 4.79 Å². The molecule has 2 rings (SSSR count). The van der Waals surface area contributed by atoms with Crippen LogP contribution in [0.5, 0.6) is 0 Å². The van der Waals surface area contributed by atoms with Gasteiger partial charge >= 0.3 is 6.09 Å². The number of nitrogens with one attached hydrogen (secondary N) is 1. The maximum atomic E-state index is 12.3. The number of aliphatic hydroxyl groups is 1. The Kier molecular flexibility index (Phi) is 4.85. The highest BCUT2D eigenvalue weighted by molar-refractivity contribution is 5.69. The van der Waals surface area contributed by atoms with Crippen molar-refractivity contribution in [2.45, 2.75) is 38.5 Å². The van der Waals surface area contributed by atoms with Crippen LogP contribution in [0.2, 0.25) is 0 Å². The van der Waals surface area contributed by atoms with Gasteiger partial charge in [0.25, 0.3) is 0 Å². The van der Waals surface area contributed by atoms with Gasteiger partial charge in [0.05, 0.1) is 18.7 Å². The average Bonchev–Trinajstić information content (AvgIpc) is 2.45. The normalized spacial score (nSPS) is 23.0. The molecule has 1 heterocycles. The third-order valence-corrected chi connectivity index (χ3v) is 3.46. The second kappa shape index (κ2) is 6.45. The second-order valence-corrected chi connectivity index (χ2v) is 6.34. The van der Waals surface area contributed by atoms with Gasteiger partial charge < -0.3 is 15.2 Å². The van der Waals surface area contributed by atoms with Gasteiger partial charge in [-0.3, -0.25) is 4.90 Å². The largest absolute Gasteiger partial charge is 0.444 e. The number of rotatable bonds is 2. The number of nitrogens with zero attached hydrogens (tertiary/aromatic N) is 1. The van der Waals surface area contributed by atoms with Crippen LogP contribution in [0.3, 0.4) is 0 Å². The standard InChI is InChI=1S/C16H24N2O3/c1-16(2,3)21-15(20)18-10-14(17-9-13(18)11-19)12-7-5-4-6-8-12/h4-8,13-14,17,19H,9-11H2,1-3H3. The van der Waals surface area contributed by atoms with Crippen molar-refractivity contribution < 1.29 is 14.6 Å². The van der Waals surface area contributed by atoms with E-state index < -0.39 is 5.60 Å². The van der Waals surface area contributed by atoms with Crippen molar-refractivity contribution in [1.82, 2.24) is 10.2 Å². The summed E-state index contributed by atoms with van der Waals surface area (Å²) in [5.41, 5.74) is 0.590. The van der Waals surface area contributed by atoms with Gasteiger partial charge in [-0.25, -0.2) is 4.79 Å². The predicted octanol–water partition coefficient (Wildman–Crippen LogP) is 1.93. The number of hydrogen-bond donors (Lipinski definition) is 2. The first-order chi connectivity index (χ1) is 9.90. The zero-order chi connectivity index (χ0) is 15.5. The Morgan fingerprint density at radius 1 is 1.38 bits per heavy atom. The van der Waals surface area contributed by atoms with E-state index in [1.807, 2.05) is 51.1 Å². The molecule has 2 atom stereocenters. The molecular weight excluding hydrogens is 268 g/mol. The molecule has 1 aliphatic heterocycles. The number of aliphatic hydroxyl groups excluding tert-OH is 1. The monoisotopic (exact) mass is 292 g/mol. The summed E-state index contributed by atoms with van der Waals surface area (Å²) in [4.78, 5) is 13.9. The molecule has 0 aliphatic carbocycles. The van der Waals surface area contributed by atoms with Crippen LogP contribution in [0.1, 0.15) is 32.4 Å². The van der Waals surface area contributed by atoms with Gasteiger partial charge in [-0.15, -0.1) is 0 Å². The van der Waals surface area contributed by atoms with E-state index in [4.69, 9.17) is 4.74 Å². The topological polar surface area (TPSA) is 61.8 Å². The molecule has 0 saturated carbocycles. The minimum Gasteiger partial charge on any atom is -0.444 e. The zero-order valence-corrected chi connectivity index (χ0v) is 12.9. The molecule has 21 heavy (non-hydrogen) atoms. The summed E-state index contributed by atoms with van der Waals surface area (Å²) in [6.45, 7) is 6.49. The van der Waals surface area contributed by atoms with E-state index >= 15 is 0 Å². The van der Waals surface area contributed by atoms with E-state index in [9.17, 15) is 9.90 Å². The molecule has 0 radical (unpaired) electrons. The summed E-state index contributed by atoms with van der Waals surface area (Å²) >= 11 is 0. The van der Waals surface area contributed by atoms with E-state index in [-0.39, 0.29) is 24.8 Å². The van der Waals surface area contributed by atoms with E-state index in [1.165, 1.54) is 0 Å². The van der Waals surface area contributed by atoms with Gasteiger partial charge in [0, 0.05) is 13.1 Å². The average molecular weight is 292 g/mol. The summed E-state index contributed by atoms with van der Waals surface area (Å²) in [5.74, 6) is 0. The summed E-state index contributed by atoms with van der Waals surface area (Å²) in [6, 6.07) is 9.80. The molecule has 0 aromatic heterocycles. The highest BCUT2D eigenvalue weighted by Gasteiger charge is 2.34. The molecule has 0 spiro atoms. The van der Waals surface area contributed by atoms with Crippen LogP contribution in [0.15, 0.2) is 30.3 Å². The van der Waals surface area contributed by atoms with Crippen LogP contribution in [0, 0.1) is 0 Å². The van der Waals surface area contributed by atoms with Crippen LogP contribution in [-0.4, -0.2) is 47.4 Å².